The van der Waals surface area contributed by atoms with E-state index in [-0.39, 0.29) is 12.4 Å². The maximum Gasteiger partial charge on any atom is 0.0603 e. The van der Waals surface area contributed by atoms with Gasteiger partial charge in [0, 0.05) is 25.5 Å². The highest BCUT2D eigenvalue weighted by Crippen LogP contribution is 2.07. The molecule has 0 aliphatic carbocycles. The summed E-state index contributed by atoms with van der Waals surface area (Å²) in [5.74, 6) is 0. The zero-order valence-electron chi connectivity index (χ0n) is 16.7. The Labute approximate surface area is 162 Å². The molecule has 0 bridgehead atoms. The van der Waals surface area contributed by atoms with Crippen LogP contribution in [-0.2, 0) is 6.54 Å². The van der Waals surface area contributed by atoms with Crippen LogP contribution in [0.15, 0.2) is 29.5 Å². The Morgan fingerprint density at radius 3 is 1.72 bits per heavy atom. The maximum atomic E-state index is 4.69. The van der Waals surface area contributed by atoms with Crippen molar-refractivity contribution in [2.45, 2.75) is 104 Å². The molecular weight excluding hydrogens is 328 g/mol. The van der Waals surface area contributed by atoms with Gasteiger partial charge < -0.3 is 4.57 Å². The molecule has 3 heteroatoms. The minimum atomic E-state index is 0. The predicted octanol–water partition coefficient (Wildman–Crippen LogP) is 6.92. The van der Waals surface area contributed by atoms with Crippen LogP contribution in [0.1, 0.15) is 97.3 Å². The van der Waals surface area contributed by atoms with E-state index in [1.165, 1.54) is 83.5 Å². The Hall–Kier alpha value is -0.760. The first-order valence-electron chi connectivity index (χ1n) is 10.5. The summed E-state index contributed by atoms with van der Waals surface area (Å²) >= 11 is 0. The van der Waals surface area contributed by atoms with Gasteiger partial charge in [-0.15, -0.1) is 12.4 Å². The molecule has 0 aromatic carbocycles. The molecular formula is C22H41ClN2. The number of nitrogens with zero attached hydrogens (tertiary/aromatic N) is 2. The van der Waals surface area contributed by atoms with Crippen molar-refractivity contribution in [3.63, 3.8) is 0 Å². The Morgan fingerprint density at radius 1 is 0.680 bits per heavy atom. The third-order valence-electron chi connectivity index (χ3n) is 4.70. The van der Waals surface area contributed by atoms with Crippen LogP contribution in [0.3, 0.4) is 0 Å². The molecule has 146 valence electrons. The molecule has 0 unspecified atom stereocenters. The summed E-state index contributed by atoms with van der Waals surface area (Å²) in [6, 6.07) is 4.33. The Morgan fingerprint density at radius 2 is 1.16 bits per heavy atom. The van der Waals surface area contributed by atoms with Crippen LogP contribution >= 0.6 is 12.4 Å². The molecule has 25 heavy (non-hydrogen) atoms. The second kappa shape index (κ2) is 18.0. The fraction of sp³-hybridized carbons (Fsp3) is 0.773. The summed E-state index contributed by atoms with van der Waals surface area (Å²) in [5, 5.41) is 1.14. The second-order valence-corrected chi connectivity index (χ2v) is 7.06. The third kappa shape index (κ3) is 14.1. The lowest BCUT2D eigenvalue weighted by Gasteiger charge is -2.06. The van der Waals surface area contributed by atoms with E-state index in [2.05, 4.69) is 42.9 Å². The van der Waals surface area contributed by atoms with Crippen LogP contribution in [0.4, 0.5) is 0 Å². The fourth-order valence-corrected chi connectivity index (χ4v) is 3.06. The van der Waals surface area contributed by atoms with Crippen LogP contribution in [-0.4, -0.2) is 11.1 Å². The molecule has 0 spiro atoms. The van der Waals surface area contributed by atoms with E-state index in [1.54, 1.807) is 0 Å². The van der Waals surface area contributed by atoms with Crippen molar-refractivity contribution in [1.29, 1.82) is 0 Å². The molecule has 1 rings (SSSR count). The third-order valence-corrected chi connectivity index (χ3v) is 4.70. The van der Waals surface area contributed by atoms with Gasteiger partial charge in [-0.1, -0.05) is 84.5 Å². The minimum absolute atomic E-state index is 0. The number of aromatic nitrogens is 1. The van der Waals surface area contributed by atoms with Gasteiger partial charge in [0.2, 0.25) is 0 Å². The maximum absolute atomic E-state index is 4.69. The average molecular weight is 369 g/mol. The van der Waals surface area contributed by atoms with E-state index < -0.39 is 0 Å². The number of unbranched alkanes of at least 4 members (excludes halogenated alkanes) is 11. The summed E-state index contributed by atoms with van der Waals surface area (Å²) in [4.78, 5) is 4.69. The smallest absolute Gasteiger partial charge is 0.0603 e. The second-order valence-electron chi connectivity index (χ2n) is 7.06. The van der Waals surface area contributed by atoms with Gasteiger partial charge in [0.05, 0.1) is 5.36 Å². The normalized spacial score (nSPS) is 10.5. The molecule has 0 amide bonds. The van der Waals surface area contributed by atoms with Gasteiger partial charge in [0.1, 0.15) is 0 Å². The first-order valence-corrected chi connectivity index (χ1v) is 10.5. The SMILES string of the molecule is CCCCCCCCCn1ccc(=NCCCCCCCC)cc1.Cl. The van der Waals surface area contributed by atoms with Crippen molar-refractivity contribution >= 4 is 12.4 Å². The number of aryl methyl sites for hydroxylation is 1. The molecule has 1 aromatic heterocycles. The number of hydrogen-bond acceptors (Lipinski definition) is 1. The van der Waals surface area contributed by atoms with Gasteiger partial charge >= 0.3 is 0 Å². The molecule has 0 atom stereocenters. The van der Waals surface area contributed by atoms with E-state index >= 15 is 0 Å². The molecule has 1 aromatic rings. The first-order chi connectivity index (χ1) is 11.9. The average Bonchev–Trinajstić information content (AvgIpc) is 2.61. The Balaban J connectivity index is 0.00000576. The minimum Gasteiger partial charge on any atom is -0.354 e. The van der Waals surface area contributed by atoms with Crippen LogP contribution in [0, 0.1) is 0 Å². The van der Waals surface area contributed by atoms with Crippen molar-refractivity contribution in [2.24, 2.45) is 4.99 Å². The van der Waals surface area contributed by atoms with Crippen LogP contribution in [0.2, 0.25) is 0 Å². The van der Waals surface area contributed by atoms with Crippen LogP contribution < -0.4 is 5.36 Å². The van der Waals surface area contributed by atoms with Gasteiger partial charge in [-0.3, -0.25) is 4.99 Å². The van der Waals surface area contributed by atoms with Crippen LogP contribution in [0.5, 0.6) is 0 Å². The number of pyridine rings is 1. The lowest BCUT2D eigenvalue weighted by Crippen LogP contribution is -2.06. The highest BCUT2D eigenvalue weighted by molar-refractivity contribution is 5.85. The molecule has 0 aliphatic heterocycles. The lowest BCUT2D eigenvalue weighted by molar-refractivity contribution is 0.548. The predicted molar refractivity (Wildman–Crippen MR) is 113 cm³/mol. The topological polar surface area (TPSA) is 17.3 Å². The molecule has 0 N–H and O–H groups in total. The van der Waals surface area contributed by atoms with E-state index in [4.69, 9.17) is 4.99 Å². The first kappa shape index (κ1) is 24.2. The molecule has 1 heterocycles. The van der Waals surface area contributed by atoms with E-state index in [0.29, 0.717) is 0 Å². The summed E-state index contributed by atoms with van der Waals surface area (Å²) in [6.07, 6.45) is 22.0. The molecule has 0 saturated heterocycles. The van der Waals surface area contributed by atoms with Gasteiger partial charge in [-0.05, 0) is 25.0 Å². The van der Waals surface area contributed by atoms with Crippen molar-refractivity contribution in [3.8, 4) is 0 Å². The van der Waals surface area contributed by atoms with Gasteiger partial charge in [0.15, 0.2) is 0 Å². The highest BCUT2D eigenvalue weighted by atomic mass is 35.5. The molecule has 0 fully saturated rings. The van der Waals surface area contributed by atoms with Gasteiger partial charge in [0.25, 0.3) is 0 Å². The van der Waals surface area contributed by atoms with Gasteiger partial charge in [-0.25, -0.2) is 0 Å². The van der Waals surface area contributed by atoms with Crippen LogP contribution in [0.25, 0.3) is 0 Å². The highest BCUT2D eigenvalue weighted by Gasteiger charge is 1.93. The standard InChI is InChI=1S/C22H40N2.ClH/c1-3-5-7-9-11-13-15-19-24-20-16-22(17-21-24)23-18-14-12-10-8-6-4-2;/h16-17,20-21H,3-15,18-19H2,1-2H3;1H. The molecule has 0 aliphatic rings. The summed E-state index contributed by atoms with van der Waals surface area (Å²) in [7, 11) is 0. The molecule has 2 nitrogen and oxygen atoms in total. The largest absolute Gasteiger partial charge is 0.354 e. The van der Waals surface area contributed by atoms with E-state index in [0.717, 1.165) is 18.4 Å². The summed E-state index contributed by atoms with van der Waals surface area (Å²) < 4.78 is 2.30. The van der Waals surface area contributed by atoms with Crippen molar-refractivity contribution in [1.82, 2.24) is 4.57 Å². The quantitative estimate of drug-likeness (QED) is 0.299. The van der Waals surface area contributed by atoms with E-state index in [9.17, 15) is 0 Å². The Kier molecular flexibility index (Phi) is 17.5. The number of rotatable bonds is 15. The van der Waals surface area contributed by atoms with Crippen molar-refractivity contribution < 1.29 is 0 Å². The summed E-state index contributed by atoms with van der Waals surface area (Å²) in [5.41, 5.74) is 0. The molecule has 0 radical (unpaired) electrons. The zero-order valence-corrected chi connectivity index (χ0v) is 17.5. The lowest BCUT2D eigenvalue weighted by atomic mass is 10.1. The molecule has 0 saturated carbocycles. The van der Waals surface area contributed by atoms with Gasteiger partial charge in [-0.2, -0.15) is 0 Å². The number of halogens is 1. The monoisotopic (exact) mass is 368 g/mol. The van der Waals surface area contributed by atoms with Crippen molar-refractivity contribution in [3.05, 3.63) is 29.9 Å². The number of hydrogen-bond donors (Lipinski definition) is 0. The zero-order chi connectivity index (χ0) is 17.3. The van der Waals surface area contributed by atoms with Crippen molar-refractivity contribution in [2.75, 3.05) is 6.54 Å². The summed E-state index contributed by atoms with van der Waals surface area (Å²) in [6.45, 7) is 6.67. The Bertz CT molecular complexity index is 433. The van der Waals surface area contributed by atoms with E-state index in [1.807, 2.05) is 0 Å². The fourth-order valence-electron chi connectivity index (χ4n) is 3.06.